The minimum absolute atomic E-state index is 0.0367. The van der Waals surface area contributed by atoms with Gasteiger partial charge in [0.15, 0.2) is 11.6 Å². The van der Waals surface area contributed by atoms with Crippen LogP contribution in [-0.2, 0) is 16.0 Å². The van der Waals surface area contributed by atoms with Crippen LogP contribution in [0.4, 0.5) is 8.78 Å². The second-order valence-corrected chi connectivity index (χ2v) is 4.89. The fraction of sp³-hybridized carbons (Fsp3) is 0.467. The zero-order valence-corrected chi connectivity index (χ0v) is 12.1. The molecule has 0 spiro atoms. The van der Waals surface area contributed by atoms with Crippen LogP contribution in [0.1, 0.15) is 32.3 Å². The average molecular weight is 299 g/mol. The summed E-state index contributed by atoms with van der Waals surface area (Å²) in [5.41, 5.74) is 0.114. The van der Waals surface area contributed by atoms with Gasteiger partial charge in [0, 0.05) is 12.5 Å². The lowest BCUT2D eigenvalue weighted by Crippen LogP contribution is -2.41. The molecule has 0 aliphatic carbocycles. The number of aliphatic carboxylic acids is 1. The predicted molar refractivity (Wildman–Crippen MR) is 73.8 cm³/mol. The van der Waals surface area contributed by atoms with E-state index >= 15 is 0 Å². The number of carboxylic acids is 1. The van der Waals surface area contributed by atoms with Gasteiger partial charge in [-0.1, -0.05) is 19.1 Å². The van der Waals surface area contributed by atoms with E-state index in [9.17, 15) is 18.4 Å². The van der Waals surface area contributed by atoms with Crippen LogP contribution in [0.5, 0.6) is 0 Å². The molecular weight excluding hydrogens is 280 g/mol. The lowest BCUT2D eigenvalue weighted by molar-refractivity contribution is -0.146. The van der Waals surface area contributed by atoms with Crippen LogP contribution < -0.4 is 0 Å². The fourth-order valence-corrected chi connectivity index (χ4v) is 1.98. The van der Waals surface area contributed by atoms with Crippen molar-refractivity contribution in [2.24, 2.45) is 0 Å². The molecule has 0 saturated carbocycles. The smallest absolute Gasteiger partial charge is 0.323 e. The zero-order valence-electron chi connectivity index (χ0n) is 12.1. The fourth-order valence-electron chi connectivity index (χ4n) is 1.98. The Balaban J connectivity index is 2.73. The first-order chi connectivity index (χ1) is 9.86. The number of hydrogen-bond acceptors (Lipinski definition) is 2. The van der Waals surface area contributed by atoms with Gasteiger partial charge >= 0.3 is 5.97 Å². The molecule has 0 aliphatic heterocycles. The predicted octanol–water partition coefficient (Wildman–Crippen LogP) is 2.61. The van der Waals surface area contributed by atoms with E-state index in [1.54, 1.807) is 6.92 Å². The lowest BCUT2D eigenvalue weighted by atomic mass is 10.1. The van der Waals surface area contributed by atoms with Crippen molar-refractivity contribution in [3.05, 3.63) is 35.4 Å². The molecule has 0 saturated heterocycles. The van der Waals surface area contributed by atoms with Crippen molar-refractivity contribution in [3.63, 3.8) is 0 Å². The second-order valence-electron chi connectivity index (χ2n) is 4.89. The monoisotopic (exact) mass is 299 g/mol. The summed E-state index contributed by atoms with van der Waals surface area (Å²) in [6, 6.07) is 3.58. The summed E-state index contributed by atoms with van der Waals surface area (Å²) in [6.45, 7) is 3.21. The zero-order chi connectivity index (χ0) is 16.0. The maximum absolute atomic E-state index is 13.5. The molecule has 4 nitrogen and oxygen atoms in total. The number of amides is 1. The Morgan fingerprint density at radius 1 is 1.33 bits per heavy atom. The van der Waals surface area contributed by atoms with Crippen LogP contribution in [-0.4, -0.2) is 34.5 Å². The van der Waals surface area contributed by atoms with Crippen molar-refractivity contribution < 1.29 is 23.5 Å². The third-order valence-electron chi connectivity index (χ3n) is 3.39. The SMILES string of the molecule is CCC(C)N(CC(=O)O)C(=O)CCc1cccc(F)c1F. The van der Waals surface area contributed by atoms with E-state index in [1.807, 2.05) is 6.92 Å². The Morgan fingerprint density at radius 2 is 2.00 bits per heavy atom. The Kier molecular flexibility index (Phi) is 6.27. The minimum Gasteiger partial charge on any atom is -0.480 e. The number of carboxylic acid groups (broad SMARTS) is 1. The topological polar surface area (TPSA) is 57.6 Å². The molecule has 21 heavy (non-hydrogen) atoms. The molecule has 0 aliphatic rings. The molecule has 1 aromatic rings. The molecule has 6 heteroatoms. The average Bonchev–Trinajstić information content (AvgIpc) is 2.45. The summed E-state index contributed by atoms with van der Waals surface area (Å²) in [5.74, 6) is -3.39. The third kappa shape index (κ3) is 4.81. The number of carbonyl (C=O) groups excluding carboxylic acids is 1. The molecule has 116 valence electrons. The first kappa shape index (κ1) is 17.1. The van der Waals surface area contributed by atoms with Gasteiger partial charge in [-0.3, -0.25) is 9.59 Å². The summed E-state index contributed by atoms with van der Waals surface area (Å²) < 4.78 is 26.6. The van der Waals surface area contributed by atoms with E-state index < -0.39 is 17.6 Å². The quantitative estimate of drug-likeness (QED) is 0.842. The van der Waals surface area contributed by atoms with E-state index in [-0.39, 0.29) is 36.9 Å². The van der Waals surface area contributed by atoms with Crippen LogP contribution in [0.15, 0.2) is 18.2 Å². The molecule has 1 amide bonds. The molecular formula is C15H19F2NO3. The second kappa shape index (κ2) is 7.71. The lowest BCUT2D eigenvalue weighted by Gasteiger charge is -2.27. The van der Waals surface area contributed by atoms with Gasteiger partial charge in [0.25, 0.3) is 0 Å². The summed E-state index contributed by atoms with van der Waals surface area (Å²) >= 11 is 0. The van der Waals surface area contributed by atoms with E-state index in [0.717, 1.165) is 6.07 Å². The number of aryl methyl sites for hydroxylation is 1. The van der Waals surface area contributed by atoms with Crippen LogP contribution in [0.25, 0.3) is 0 Å². The Labute approximate surface area is 122 Å². The van der Waals surface area contributed by atoms with E-state index in [1.165, 1.54) is 17.0 Å². The largest absolute Gasteiger partial charge is 0.480 e. The van der Waals surface area contributed by atoms with Crippen molar-refractivity contribution >= 4 is 11.9 Å². The van der Waals surface area contributed by atoms with Crippen LogP contribution >= 0.6 is 0 Å². The van der Waals surface area contributed by atoms with Crippen molar-refractivity contribution in [1.29, 1.82) is 0 Å². The number of rotatable bonds is 7. The van der Waals surface area contributed by atoms with Crippen molar-refractivity contribution in [2.45, 2.75) is 39.2 Å². The molecule has 0 fully saturated rings. The highest BCUT2D eigenvalue weighted by Gasteiger charge is 2.21. The summed E-state index contributed by atoms with van der Waals surface area (Å²) in [7, 11) is 0. The molecule has 0 bridgehead atoms. The number of benzene rings is 1. The third-order valence-corrected chi connectivity index (χ3v) is 3.39. The molecule has 1 unspecified atom stereocenters. The summed E-state index contributed by atoms with van der Waals surface area (Å²) in [6.07, 6.45) is 0.598. The van der Waals surface area contributed by atoms with Gasteiger partial charge in [-0.05, 0) is 31.4 Å². The highest BCUT2D eigenvalue weighted by Crippen LogP contribution is 2.15. The Bertz CT molecular complexity index is 520. The summed E-state index contributed by atoms with van der Waals surface area (Å²) in [5, 5.41) is 8.84. The molecule has 1 N–H and O–H groups in total. The molecule has 1 atom stereocenters. The maximum Gasteiger partial charge on any atom is 0.323 e. The highest BCUT2D eigenvalue weighted by molar-refractivity contribution is 5.81. The van der Waals surface area contributed by atoms with Gasteiger partial charge in [0.1, 0.15) is 6.54 Å². The standard InChI is InChI=1S/C15H19F2NO3/c1-3-10(2)18(9-14(20)21)13(19)8-7-11-5-4-6-12(16)15(11)17/h4-6,10H,3,7-9H2,1-2H3,(H,20,21). The normalized spacial score (nSPS) is 12.0. The maximum atomic E-state index is 13.5. The van der Waals surface area contributed by atoms with Gasteiger partial charge in [-0.2, -0.15) is 0 Å². The van der Waals surface area contributed by atoms with Crippen molar-refractivity contribution in [1.82, 2.24) is 4.90 Å². The number of nitrogens with zero attached hydrogens (tertiary/aromatic N) is 1. The summed E-state index contributed by atoms with van der Waals surface area (Å²) in [4.78, 5) is 24.1. The van der Waals surface area contributed by atoms with Gasteiger partial charge in [0.05, 0.1) is 0 Å². The van der Waals surface area contributed by atoms with Crippen LogP contribution in [0, 0.1) is 11.6 Å². The van der Waals surface area contributed by atoms with Gasteiger partial charge in [-0.25, -0.2) is 8.78 Å². The van der Waals surface area contributed by atoms with Crippen molar-refractivity contribution in [3.8, 4) is 0 Å². The number of carbonyl (C=O) groups is 2. The van der Waals surface area contributed by atoms with Gasteiger partial charge < -0.3 is 10.0 Å². The highest BCUT2D eigenvalue weighted by atomic mass is 19.2. The van der Waals surface area contributed by atoms with Crippen molar-refractivity contribution in [2.75, 3.05) is 6.54 Å². The Hall–Kier alpha value is -1.98. The molecule has 1 rings (SSSR count). The van der Waals surface area contributed by atoms with E-state index in [4.69, 9.17) is 5.11 Å². The van der Waals surface area contributed by atoms with Crippen LogP contribution in [0.3, 0.4) is 0 Å². The number of hydrogen-bond donors (Lipinski definition) is 1. The van der Waals surface area contributed by atoms with E-state index in [2.05, 4.69) is 0 Å². The molecule has 0 radical (unpaired) electrons. The molecule has 1 aromatic carbocycles. The first-order valence-corrected chi connectivity index (χ1v) is 6.81. The van der Waals surface area contributed by atoms with Gasteiger partial charge in [-0.15, -0.1) is 0 Å². The van der Waals surface area contributed by atoms with Gasteiger partial charge in [0.2, 0.25) is 5.91 Å². The molecule has 0 heterocycles. The minimum atomic E-state index is -1.10. The number of halogens is 2. The molecule has 0 aromatic heterocycles. The Morgan fingerprint density at radius 3 is 2.57 bits per heavy atom. The van der Waals surface area contributed by atoms with E-state index in [0.29, 0.717) is 6.42 Å². The van der Waals surface area contributed by atoms with Crippen LogP contribution in [0.2, 0.25) is 0 Å². The first-order valence-electron chi connectivity index (χ1n) is 6.81.